The molecule has 4 saturated carbocycles. The second-order valence-corrected chi connectivity index (χ2v) is 9.87. The van der Waals surface area contributed by atoms with E-state index < -0.39 is 0 Å². The molecule has 1 heterocycles. The summed E-state index contributed by atoms with van der Waals surface area (Å²) in [5, 5.41) is 0. The van der Waals surface area contributed by atoms with E-state index in [0.29, 0.717) is 5.54 Å². The van der Waals surface area contributed by atoms with Crippen LogP contribution in [0.15, 0.2) is 24.8 Å². The van der Waals surface area contributed by atoms with Crippen molar-refractivity contribution in [2.45, 2.75) is 78.3 Å². The van der Waals surface area contributed by atoms with Crippen LogP contribution in [0.4, 0.5) is 0 Å². The lowest BCUT2D eigenvalue weighted by molar-refractivity contribution is -0.688. The smallest absolute Gasteiger partial charge is 0.244 e. The fraction of sp³-hybridized carbons (Fsp3) is 0.625. The number of hydrogen-bond donors (Lipinski definition) is 0. The Balaban J connectivity index is 0.00000180. The number of hydrogen-bond acceptors (Lipinski definition) is 0. The van der Waals surface area contributed by atoms with Gasteiger partial charge in [-0.05, 0) is 112 Å². The number of aryl methyl sites for hydroxylation is 2. The molecule has 146 valence electrons. The van der Waals surface area contributed by atoms with Gasteiger partial charge in [-0.3, -0.25) is 0 Å². The molecule has 0 atom stereocenters. The van der Waals surface area contributed by atoms with E-state index in [1.54, 1.807) is 0 Å². The zero-order valence-electron chi connectivity index (χ0n) is 17.3. The van der Waals surface area contributed by atoms with Gasteiger partial charge in [-0.2, -0.15) is 0 Å². The third-order valence-corrected chi connectivity index (χ3v) is 8.11. The van der Waals surface area contributed by atoms with Crippen LogP contribution in [0.1, 0.15) is 66.3 Å². The minimum Gasteiger partial charge on any atom is -1.00 e. The molecule has 27 heavy (non-hydrogen) atoms. The molecule has 0 spiro atoms. The van der Waals surface area contributed by atoms with Gasteiger partial charge in [0.05, 0.1) is 0 Å². The molecule has 1 aromatic heterocycles. The van der Waals surface area contributed by atoms with Gasteiger partial charge >= 0.3 is 0 Å². The van der Waals surface area contributed by atoms with Crippen molar-refractivity contribution in [3.05, 3.63) is 52.6 Å². The summed E-state index contributed by atoms with van der Waals surface area (Å²) >= 11 is 0. The molecular weight excluding hydrogens is 352 g/mol. The summed E-state index contributed by atoms with van der Waals surface area (Å²) in [7, 11) is 0. The Kier molecular flexibility index (Phi) is 4.70. The van der Waals surface area contributed by atoms with Crippen LogP contribution in [-0.2, 0) is 12.1 Å². The first-order valence-electron chi connectivity index (χ1n) is 10.6. The average molecular weight is 385 g/mol. The monoisotopic (exact) mass is 384 g/mol. The summed E-state index contributed by atoms with van der Waals surface area (Å²) in [5.41, 5.74) is 7.71. The molecule has 4 fully saturated rings. The molecule has 0 N–H and O–H groups in total. The van der Waals surface area contributed by atoms with Crippen molar-refractivity contribution in [3.63, 3.8) is 0 Å². The topological polar surface area (TPSA) is 8.81 Å². The lowest BCUT2D eigenvalue weighted by Gasteiger charge is -2.54. The van der Waals surface area contributed by atoms with Gasteiger partial charge in [0.25, 0.3) is 0 Å². The highest BCUT2D eigenvalue weighted by molar-refractivity contribution is 5.43. The van der Waals surface area contributed by atoms with Crippen LogP contribution in [0.3, 0.4) is 0 Å². The molecule has 3 heteroatoms. The summed E-state index contributed by atoms with van der Waals surface area (Å²) < 4.78 is 5.04. The third-order valence-electron chi connectivity index (χ3n) is 8.11. The zero-order valence-corrected chi connectivity index (χ0v) is 18.0. The van der Waals surface area contributed by atoms with Gasteiger partial charge in [-0.1, -0.05) is 6.07 Å². The minimum atomic E-state index is 0. The molecule has 0 unspecified atom stereocenters. The maximum Gasteiger partial charge on any atom is 0.244 e. The molecular formula is C24H33ClN2. The normalized spacial score (nSPS) is 31.2. The first-order valence-corrected chi connectivity index (χ1v) is 10.6. The van der Waals surface area contributed by atoms with Crippen LogP contribution in [0.2, 0.25) is 0 Å². The molecule has 1 aromatic carbocycles. The van der Waals surface area contributed by atoms with E-state index in [4.69, 9.17) is 0 Å². The van der Waals surface area contributed by atoms with Gasteiger partial charge in [-0.25, -0.2) is 9.13 Å². The highest BCUT2D eigenvalue weighted by Crippen LogP contribution is 2.58. The van der Waals surface area contributed by atoms with Crippen molar-refractivity contribution in [2.24, 2.45) is 17.8 Å². The Morgan fingerprint density at radius 2 is 1.44 bits per heavy atom. The molecule has 2 aromatic rings. The van der Waals surface area contributed by atoms with E-state index in [9.17, 15) is 0 Å². The largest absolute Gasteiger partial charge is 1.00 e. The van der Waals surface area contributed by atoms with E-state index in [0.717, 1.165) is 24.3 Å². The predicted octanol–water partition coefficient (Wildman–Crippen LogP) is 1.99. The SMILES string of the molecule is Cc1cc(C)c(C)c(C[n+]2ccn(C34CC5CC(CC(C5)C3)C4)c2)c1C.[Cl-]. The number of aromatic nitrogens is 2. The van der Waals surface area contributed by atoms with Crippen molar-refractivity contribution in [1.29, 1.82) is 0 Å². The summed E-state index contributed by atoms with van der Waals surface area (Å²) in [6, 6.07) is 2.33. The lowest BCUT2D eigenvalue weighted by Crippen LogP contribution is -3.00. The predicted molar refractivity (Wildman–Crippen MR) is 105 cm³/mol. The molecule has 0 aliphatic heterocycles. The molecule has 0 saturated heterocycles. The van der Waals surface area contributed by atoms with E-state index in [2.05, 4.69) is 61.6 Å². The first kappa shape index (κ1) is 19.1. The third kappa shape index (κ3) is 3.05. The number of imidazole rings is 1. The first-order chi connectivity index (χ1) is 12.4. The standard InChI is InChI=1S/C24H33N2.ClH/c1-16-7-17(2)19(4)23(18(16)3)14-25-5-6-26(15-25)24-11-20-8-21(12-24)10-22(9-20)13-24;/h5-7,15,20-22H,8-14H2,1-4H3;1H/q+1;/p-1. The van der Waals surface area contributed by atoms with Gasteiger partial charge in [0.2, 0.25) is 6.33 Å². The van der Waals surface area contributed by atoms with Gasteiger partial charge in [-0.15, -0.1) is 0 Å². The minimum absolute atomic E-state index is 0. The maximum absolute atomic E-state index is 2.62. The Morgan fingerprint density at radius 3 is 1.96 bits per heavy atom. The van der Waals surface area contributed by atoms with Crippen molar-refractivity contribution < 1.29 is 17.0 Å². The summed E-state index contributed by atoms with van der Waals surface area (Å²) in [5.74, 6) is 3.00. The van der Waals surface area contributed by atoms with Gasteiger partial charge in [0, 0.05) is 0 Å². The van der Waals surface area contributed by atoms with Gasteiger partial charge in [0.15, 0.2) is 0 Å². The molecule has 4 bridgehead atoms. The molecule has 2 nitrogen and oxygen atoms in total. The second-order valence-electron chi connectivity index (χ2n) is 9.87. The zero-order chi connectivity index (χ0) is 18.1. The fourth-order valence-electron chi connectivity index (χ4n) is 6.87. The Labute approximate surface area is 170 Å². The van der Waals surface area contributed by atoms with Gasteiger partial charge in [0.1, 0.15) is 24.5 Å². The summed E-state index contributed by atoms with van der Waals surface area (Å²) in [6.45, 7) is 10.1. The highest BCUT2D eigenvalue weighted by Gasteiger charge is 2.54. The van der Waals surface area contributed by atoms with Crippen molar-refractivity contribution in [1.82, 2.24) is 4.57 Å². The molecule has 4 aliphatic rings. The number of rotatable bonds is 3. The van der Waals surface area contributed by atoms with Crippen LogP contribution in [0, 0.1) is 45.4 Å². The van der Waals surface area contributed by atoms with Crippen molar-refractivity contribution >= 4 is 0 Å². The maximum atomic E-state index is 2.62. The van der Waals surface area contributed by atoms with Gasteiger partial charge < -0.3 is 12.4 Å². The van der Waals surface area contributed by atoms with Crippen LogP contribution in [0.25, 0.3) is 0 Å². The van der Waals surface area contributed by atoms with E-state index in [-0.39, 0.29) is 12.4 Å². The highest BCUT2D eigenvalue weighted by atomic mass is 35.5. The van der Waals surface area contributed by atoms with E-state index in [1.807, 2.05) is 0 Å². The number of benzene rings is 1. The second kappa shape index (κ2) is 6.65. The fourth-order valence-corrected chi connectivity index (χ4v) is 6.87. The van der Waals surface area contributed by atoms with Crippen molar-refractivity contribution in [2.75, 3.05) is 0 Å². The van der Waals surface area contributed by atoms with Crippen LogP contribution in [0.5, 0.6) is 0 Å². The number of halogens is 1. The average Bonchev–Trinajstić information content (AvgIpc) is 3.05. The van der Waals surface area contributed by atoms with Crippen LogP contribution < -0.4 is 17.0 Å². The summed E-state index contributed by atoms with van der Waals surface area (Å²) in [4.78, 5) is 0. The molecule has 6 rings (SSSR count). The van der Waals surface area contributed by atoms with Crippen LogP contribution in [-0.4, -0.2) is 4.57 Å². The van der Waals surface area contributed by atoms with Crippen molar-refractivity contribution in [3.8, 4) is 0 Å². The summed E-state index contributed by atoms with van der Waals surface area (Å²) in [6.07, 6.45) is 15.9. The lowest BCUT2D eigenvalue weighted by atomic mass is 9.53. The Morgan fingerprint density at radius 1 is 0.926 bits per heavy atom. The van der Waals surface area contributed by atoms with E-state index >= 15 is 0 Å². The number of nitrogens with zero attached hydrogens (tertiary/aromatic N) is 2. The molecule has 0 radical (unpaired) electrons. The molecule has 4 aliphatic carbocycles. The quantitative estimate of drug-likeness (QED) is 0.715. The molecule has 0 amide bonds. The Hall–Kier alpha value is -1.28. The van der Waals surface area contributed by atoms with E-state index in [1.165, 1.54) is 66.3 Å². The van der Waals surface area contributed by atoms with Crippen LogP contribution >= 0.6 is 0 Å². The Bertz CT molecular complexity index is 802.